The Hall–Kier alpha value is -2.10. The number of anilines is 3. The van der Waals surface area contributed by atoms with Gasteiger partial charge in [0, 0.05) is 11.9 Å². The Morgan fingerprint density at radius 1 is 1.12 bits per heavy atom. The number of aromatic nitrogens is 2. The van der Waals surface area contributed by atoms with Gasteiger partial charge in [0.15, 0.2) is 0 Å². The first kappa shape index (κ1) is 11.4. The third-order valence-electron chi connectivity index (χ3n) is 2.60. The van der Waals surface area contributed by atoms with E-state index in [4.69, 9.17) is 5.73 Å². The van der Waals surface area contributed by atoms with Gasteiger partial charge in [-0.3, -0.25) is 0 Å². The van der Waals surface area contributed by atoms with Crippen molar-refractivity contribution in [1.82, 2.24) is 9.97 Å². The topological polar surface area (TPSA) is 63.8 Å². The number of aryl methyl sites for hydroxylation is 3. The Morgan fingerprint density at radius 3 is 2.35 bits per heavy atom. The Bertz CT molecular complexity index is 526. The van der Waals surface area contributed by atoms with E-state index >= 15 is 0 Å². The molecule has 2 rings (SSSR count). The van der Waals surface area contributed by atoms with Crippen molar-refractivity contribution < 1.29 is 0 Å². The lowest BCUT2D eigenvalue weighted by atomic mass is 10.1. The fourth-order valence-electron chi connectivity index (χ4n) is 1.95. The molecule has 1 heterocycles. The van der Waals surface area contributed by atoms with Crippen molar-refractivity contribution >= 4 is 17.5 Å². The predicted molar refractivity (Wildman–Crippen MR) is 70.4 cm³/mol. The molecule has 0 unspecified atom stereocenters. The van der Waals surface area contributed by atoms with E-state index < -0.39 is 0 Å². The van der Waals surface area contributed by atoms with Gasteiger partial charge in [-0.2, -0.15) is 4.98 Å². The summed E-state index contributed by atoms with van der Waals surface area (Å²) in [7, 11) is 0. The van der Waals surface area contributed by atoms with E-state index in [1.165, 1.54) is 16.7 Å². The van der Waals surface area contributed by atoms with Gasteiger partial charge in [0.1, 0.15) is 5.82 Å². The molecule has 0 aliphatic carbocycles. The minimum atomic E-state index is 0.275. The number of hydrogen-bond acceptors (Lipinski definition) is 4. The minimum absolute atomic E-state index is 0.275. The van der Waals surface area contributed by atoms with Crippen LogP contribution in [0.15, 0.2) is 24.4 Å². The summed E-state index contributed by atoms with van der Waals surface area (Å²) in [5.41, 5.74) is 10.3. The van der Waals surface area contributed by atoms with Crippen LogP contribution in [0.4, 0.5) is 17.5 Å². The zero-order valence-electron chi connectivity index (χ0n) is 10.3. The molecule has 88 valence electrons. The van der Waals surface area contributed by atoms with E-state index in [1.807, 2.05) is 0 Å². The van der Waals surface area contributed by atoms with Crippen LogP contribution >= 0.6 is 0 Å². The molecular formula is C13H16N4. The van der Waals surface area contributed by atoms with Gasteiger partial charge in [0.2, 0.25) is 5.95 Å². The van der Waals surface area contributed by atoms with Crippen LogP contribution in [0, 0.1) is 20.8 Å². The zero-order chi connectivity index (χ0) is 12.4. The highest BCUT2D eigenvalue weighted by Crippen LogP contribution is 2.24. The maximum absolute atomic E-state index is 5.55. The van der Waals surface area contributed by atoms with Gasteiger partial charge in [0.05, 0.1) is 0 Å². The Morgan fingerprint density at radius 2 is 1.76 bits per heavy atom. The molecule has 0 amide bonds. The molecule has 4 nitrogen and oxygen atoms in total. The highest BCUT2D eigenvalue weighted by atomic mass is 15.1. The highest BCUT2D eigenvalue weighted by molar-refractivity contribution is 5.65. The molecular weight excluding hydrogens is 212 g/mol. The molecule has 0 saturated heterocycles. The summed E-state index contributed by atoms with van der Waals surface area (Å²) in [6, 6.07) is 6.08. The van der Waals surface area contributed by atoms with Crippen LogP contribution in [0.2, 0.25) is 0 Å². The van der Waals surface area contributed by atoms with E-state index in [2.05, 4.69) is 48.2 Å². The molecule has 2 aromatic rings. The van der Waals surface area contributed by atoms with Gasteiger partial charge in [-0.15, -0.1) is 0 Å². The Balaban J connectivity index is 2.36. The van der Waals surface area contributed by atoms with E-state index in [1.54, 1.807) is 12.3 Å². The lowest BCUT2D eigenvalue weighted by Gasteiger charge is -2.13. The van der Waals surface area contributed by atoms with Crippen molar-refractivity contribution in [3.63, 3.8) is 0 Å². The summed E-state index contributed by atoms with van der Waals surface area (Å²) in [6.45, 7) is 6.24. The van der Waals surface area contributed by atoms with Crippen molar-refractivity contribution in [3.05, 3.63) is 41.1 Å². The van der Waals surface area contributed by atoms with E-state index in [0.29, 0.717) is 5.82 Å². The van der Waals surface area contributed by atoms with Gasteiger partial charge < -0.3 is 11.1 Å². The molecule has 0 aliphatic rings. The quantitative estimate of drug-likeness (QED) is 0.829. The number of rotatable bonds is 2. The molecule has 0 aliphatic heterocycles. The number of nitrogen functional groups attached to an aromatic ring is 1. The largest absolute Gasteiger partial charge is 0.368 e. The second-order valence-corrected chi connectivity index (χ2v) is 4.20. The molecule has 17 heavy (non-hydrogen) atoms. The van der Waals surface area contributed by atoms with Crippen LogP contribution in [-0.4, -0.2) is 9.97 Å². The van der Waals surface area contributed by atoms with Crippen molar-refractivity contribution in [1.29, 1.82) is 0 Å². The van der Waals surface area contributed by atoms with Crippen LogP contribution in [0.1, 0.15) is 16.7 Å². The van der Waals surface area contributed by atoms with Crippen molar-refractivity contribution in [3.8, 4) is 0 Å². The normalized spacial score (nSPS) is 10.3. The average Bonchev–Trinajstić information content (AvgIpc) is 2.23. The van der Waals surface area contributed by atoms with E-state index in [9.17, 15) is 0 Å². The van der Waals surface area contributed by atoms with Crippen LogP contribution in [0.5, 0.6) is 0 Å². The second kappa shape index (κ2) is 4.41. The van der Waals surface area contributed by atoms with Crippen molar-refractivity contribution in [2.45, 2.75) is 20.8 Å². The molecule has 0 saturated carbocycles. The average molecular weight is 228 g/mol. The third kappa shape index (κ3) is 2.53. The SMILES string of the molecule is Cc1cc(C)c(Nc2ccnc(N)n2)c(C)c1. The summed E-state index contributed by atoms with van der Waals surface area (Å²) in [6.07, 6.45) is 1.64. The standard InChI is InChI=1S/C13H16N4/c1-8-6-9(2)12(10(3)7-8)16-11-4-5-15-13(14)17-11/h4-7H,1-3H3,(H3,14,15,16,17). The molecule has 4 heteroatoms. The first-order valence-electron chi connectivity index (χ1n) is 5.49. The second-order valence-electron chi connectivity index (χ2n) is 4.20. The van der Waals surface area contributed by atoms with Gasteiger partial charge >= 0.3 is 0 Å². The van der Waals surface area contributed by atoms with Gasteiger partial charge in [-0.25, -0.2) is 4.98 Å². The summed E-state index contributed by atoms with van der Waals surface area (Å²) >= 11 is 0. The van der Waals surface area contributed by atoms with E-state index in [-0.39, 0.29) is 5.95 Å². The molecule has 0 radical (unpaired) electrons. The van der Waals surface area contributed by atoms with Crippen LogP contribution < -0.4 is 11.1 Å². The molecule has 0 atom stereocenters. The fourth-order valence-corrected chi connectivity index (χ4v) is 1.95. The minimum Gasteiger partial charge on any atom is -0.368 e. The lowest BCUT2D eigenvalue weighted by molar-refractivity contribution is 1.18. The van der Waals surface area contributed by atoms with Gasteiger partial charge in [0.25, 0.3) is 0 Å². The van der Waals surface area contributed by atoms with Crippen LogP contribution in [0.3, 0.4) is 0 Å². The molecule has 1 aromatic heterocycles. The third-order valence-corrected chi connectivity index (χ3v) is 2.60. The smallest absolute Gasteiger partial charge is 0.221 e. The Kier molecular flexibility index (Phi) is 2.95. The fraction of sp³-hybridized carbons (Fsp3) is 0.231. The predicted octanol–water partition coefficient (Wildman–Crippen LogP) is 2.73. The van der Waals surface area contributed by atoms with Crippen LogP contribution in [-0.2, 0) is 0 Å². The Labute approximate surface area is 101 Å². The van der Waals surface area contributed by atoms with Gasteiger partial charge in [-0.1, -0.05) is 17.7 Å². The van der Waals surface area contributed by atoms with Crippen LogP contribution in [0.25, 0.3) is 0 Å². The maximum atomic E-state index is 5.55. The number of hydrogen-bond donors (Lipinski definition) is 2. The first-order valence-corrected chi connectivity index (χ1v) is 5.49. The maximum Gasteiger partial charge on any atom is 0.221 e. The molecule has 3 N–H and O–H groups in total. The summed E-state index contributed by atoms with van der Waals surface area (Å²) in [5.74, 6) is 0.991. The number of nitrogens with zero attached hydrogens (tertiary/aromatic N) is 2. The van der Waals surface area contributed by atoms with Crippen molar-refractivity contribution in [2.75, 3.05) is 11.1 Å². The summed E-state index contributed by atoms with van der Waals surface area (Å²) in [4.78, 5) is 8.00. The first-order chi connectivity index (χ1) is 8.06. The monoisotopic (exact) mass is 228 g/mol. The number of nitrogens with two attached hydrogens (primary N) is 1. The summed E-state index contributed by atoms with van der Waals surface area (Å²) < 4.78 is 0. The molecule has 0 bridgehead atoms. The number of benzene rings is 1. The van der Waals surface area contributed by atoms with Gasteiger partial charge in [-0.05, 0) is 38.0 Å². The summed E-state index contributed by atoms with van der Waals surface area (Å²) in [5, 5.41) is 3.28. The molecule has 0 spiro atoms. The lowest BCUT2D eigenvalue weighted by Crippen LogP contribution is -2.01. The molecule has 1 aromatic carbocycles. The molecule has 0 fully saturated rings. The van der Waals surface area contributed by atoms with E-state index in [0.717, 1.165) is 5.69 Å². The number of nitrogens with one attached hydrogen (secondary N) is 1. The van der Waals surface area contributed by atoms with Crippen molar-refractivity contribution in [2.24, 2.45) is 0 Å². The zero-order valence-corrected chi connectivity index (χ0v) is 10.3. The highest BCUT2D eigenvalue weighted by Gasteiger charge is 2.05.